The van der Waals surface area contributed by atoms with Gasteiger partial charge in [0.1, 0.15) is 5.82 Å². The van der Waals surface area contributed by atoms with Crippen LogP contribution >= 0.6 is 12.2 Å². The lowest BCUT2D eigenvalue weighted by Crippen LogP contribution is -1.99. The SMILES string of the molecule is Cc1cc(-n2c(-c3ccccc3)n[nH]c2=S)ccc1F. The van der Waals surface area contributed by atoms with Gasteiger partial charge in [-0.3, -0.25) is 9.67 Å². The first kappa shape index (κ1) is 12.7. The first-order valence-corrected chi connectivity index (χ1v) is 6.57. The molecular formula is C15H12FN3S. The number of hydrogen-bond acceptors (Lipinski definition) is 2. The third-order valence-corrected chi connectivity index (χ3v) is 3.38. The van der Waals surface area contributed by atoms with Crippen molar-refractivity contribution in [1.29, 1.82) is 0 Å². The smallest absolute Gasteiger partial charge is 0.200 e. The summed E-state index contributed by atoms with van der Waals surface area (Å²) in [6, 6.07) is 14.6. The van der Waals surface area contributed by atoms with Crippen molar-refractivity contribution < 1.29 is 4.39 Å². The number of aromatic amines is 1. The van der Waals surface area contributed by atoms with Gasteiger partial charge in [0.2, 0.25) is 0 Å². The first-order valence-electron chi connectivity index (χ1n) is 6.16. The lowest BCUT2D eigenvalue weighted by atomic mass is 10.2. The highest BCUT2D eigenvalue weighted by molar-refractivity contribution is 7.71. The van der Waals surface area contributed by atoms with Crippen LogP contribution in [0, 0.1) is 17.5 Å². The highest BCUT2D eigenvalue weighted by Gasteiger charge is 2.11. The van der Waals surface area contributed by atoms with Crippen LogP contribution in [0.15, 0.2) is 48.5 Å². The van der Waals surface area contributed by atoms with Crippen LogP contribution in [0.25, 0.3) is 17.1 Å². The second-order valence-corrected chi connectivity index (χ2v) is 4.87. The molecule has 0 atom stereocenters. The quantitative estimate of drug-likeness (QED) is 0.721. The molecule has 1 heterocycles. The molecule has 0 aliphatic heterocycles. The van der Waals surface area contributed by atoms with E-state index in [1.807, 2.05) is 30.3 Å². The van der Waals surface area contributed by atoms with E-state index in [1.165, 1.54) is 6.07 Å². The van der Waals surface area contributed by atoms with Gasteiger partial charge in [0.05, 0.1) is 5.69 Å². The fourth-order valence-corrected chi connectivity index (χ4v) is 2.32. The van der Waals surface area contributed by atoms with Crippen LogP contribution in [0.1, 0.15) is 5.56 Å². The molecule has 0 bridgehead atoms. The van der Waals surface area contributed by atoms with Gasteiger partial charge in [-0.1, -0.05) is 30.3 Å². The van der Waals surface area contributed by atoms with Crippen LogP contribution in [0.3, 0.4) is 0 Å². The minimum absolute atomic E-state index is 0.231. The molecule has 0 amide bonds. The average Bonchev–Trinajstić information content (AvgIpc) is 2.85. The fourth-order valence-electron chi connectivity index (χ4n) is 2.09. The molecule has 0 saturated carbocycles. The van der Waals surface area contributed by atoms with Crippen molar-refractivity contribution in [3.05, 3.63) is 64.7 Å². The molecule has 0 fully saturated rings. The predicted octanol–water partition coefficient (Wildman–Crippen LogP) is 4.04. The van der Waals surface area contributed by atoms with Gasteiger partial charge < -0.3 is 0 Å². The van der Waals surface area contributed by atoms with Crippen LogP contribution < -0.4 is 0 Å². The summed E-state index contributed by atoms with van der Waals surface area (Å²) in [5, 5.41) is 7.06. The molecule has 0 saturated heterocycles. The van der Waals surface area contributed by atoms with E-state index in [0.29, 0.717) is 16.2 Å². The van der Waals surface area contributed by atoms with Crippen LogP contribution in [0.2, 0.25) is 0 Å². The third kappa shape index (κ3) is 2.16. The Hall–Kier alpha value is -2.27. The minimum Gasteiger partial charge on any atom is -0.268 e. The van der Waals surface area contributed by atoms with E-state index in [9.17, 15) is 4.39 Å². The van der Waals surface area contributed by atoms with Gasteiger partial charge in [-0.25, -0.2) is 4.39 Å². The summed E-state index contributed by atoms with van der Waals surface area (Å²) >= 11 is 5.28. The molecule has 0 unspecified atom stereocenters. The van der Waals surface area contributed by atoms with E-state index in [-0.39, 0.29) is 5.82 Å². The Morgan fingerprint density at radius 3 is 2.60 bits per heavy atom. The molecule has 0 aliphatic carbocycles. The number of benzene rings is 2. The summed E-state index contributed by atoms with van der Waals surface area (Å²) < 4.78 is 15.7. The third-order valence-electron chi connectivity index (χ3n) is 3.10. The van der Waals surface area contributed by atoms with Crippen molar-refractivity contribution in [3.8, 4) is 17.1 Å². The molecule has 1 N–H and O–H groups in total. The highest BCUT2D eigenvalue weighted by Crippen LogP contribution is 2.22. The second kappa shape index (κ2) is 5.02. The zero-order valence-electron chi connectivity index (χ0n) is 10.8. The van der Waals surface area contributed by atoms with Crippen molar-refractivity contribution in [2.75, 3.05) is 0 Å². The first-order chi connectivity index (χ1) is 9.66. The lowest BCUT2D eigenvalue weighted by molar-refractivity contribution is 0.618. The molecule has 100 valence electrons. The van der Waals surface area contributed by atoms with E-state index in [4.69, 9.17) is 12.2 Å². The maximum absolute atomic E-state index is 13.4. The molecule has 3 nitrogen and oxygen atoms in total. The van der Waals surface area contributed by atoms with Crippen molar-refractivity contribution in [2.45, 2.75) is 6.92 Å². The Morgan fingerprint density at radius 2 is 1.90 bits per heavy atom. The Morgan fingerprint density at radius 1 is 1.15 bits per heavy atom. The van der Waals surface area contributed by atoms with E-state index in [1.54, 1.807) is 23.6 Å². The highest BCUT2D eigenvalue weighted by atomic mass is 32.1. The molecule has 0 aliphatic rings. The number of halogens is 1. The molecular weight excluding hydrogens is 273 g/mol. The normalized spacial score (nSPS) is 10.7. The van der Waals surface area contributed by atoms with Crippen LogP contribution in [0.5, 0.6) is 0 Å². The monoisotopic (exact) mass is 285 g/mol. The molecule has 3 rings (SSSR count). The number of H-pyrrole nitrogens is 1. The molecule has 0 spiro atoms. The summed E-state index contributed by atoms with van der Waals surface area (Å²) in [7, 11) is 0. The molecule has 5 heteroatoms. The average molecular weight is 285 g/mol. The number of aryl methyl sites for hydroxylation is 1. The van der Waals surface area contributed by atoms with Gasteiger partial charge >= 0.3 is 0 Å². The number of nitrogens with one attached hydrogen (secondary N) is 1. The summed E-state index contributed by atoms with van der Waals surface area (Å²) in [6.07, 6.45) is 0. The fraction of sp³-hybridized carbons (Fsp3) is 0.0667. The van der Waals surface area contributed by atoms with E-state index >= 15 is 0 Å². The Labute approximate surface area is 120 Å². The van der Waals surface area contributed by atoms with Crippen LogP contribution in [-0.2, 0) is 0 Å². The van der Waals surface area contributed by atoms with Crippen LogP contribution in [0.4, 0.5) is 4.39 Å². The predicted molar refractivity (Wildman–Crippen MR) is 78.9 cm³/mol. The van der Waals surface area contributed by atoms with Crippen molar-refractivity contribution >= 4 is 12.2 Å². The Balaban J connectivity index is 2.22. The molecule has 3 aromatic rings. The summed E-state index contributed by atoms with van der Waals surface area (Å²) in [4.78, 5) is 0. The lowest BCUT2D eigenvalue weighted by Gasteiger charge is -2.08. The largest absolute Gasteiger partial charge is 0.268 e. The van der Waals surface area contributed by atoms with Gasteiger partial charge in [-0.2, -0.15) is 5.10 Å². The number of hydrogen-bond donors (Lipinski definition) is 1. The molecule has 0 radical (unpaired) electrons. The minimum atomic E-state index is -0.231. The standard InChI is InChI=1S/C15H12FN3S/c1-10-9-12(7-8-13(10)16)19-14(17-18-15(19)20)11-5-3-2-4-6-11/h2-9H,1H3,(H,18,20). The van der Waals surface area contributed by atoms with Gasteiger partial charge in [0.25, 0.3) is 0 Å². The zero-order chi connectivity index (χ0) is 14.1. The maximum Gasteiger partial charge on any atom is 0.200 e. The maximum atomic E-state index is 13.4. The number of nitrogens with zero attached hydrogens (tertiary/aromatic N) is 2. The van der Waals surface area contributed by atoms with E-state index < -0.39 is 0 Å². The van der Waals surface area contributed by atoms with E-state index in [2.05, 4.69) is 10.2 Å². The number of rotatable bonds is 2. The molecule has 2 aromatic carbocycles. The van der Waals surface area contributed by atoms with Crippen molar-refractivity contribution in [1.82, 2.24) is 14.8 Å². The topological polar surface area (TPSA) is 33.6 Å². The summed E-state index contributed by atoms with van der Waals surface area (Å²) in [5.41, 5.74) is 2.31. The van der Waals surface area contributed by atoms with Gasteiger partial charge in [0.15, 0.2) is 10.6 Å². The summed E-state index contributed by atoms with van der Waals surface area (Å²) in [5.74, 6) is 0.478. The Bertz CT molecular complexity index is 805. The van der Waals surface area contributed by atoms with Gasteiger partial charge in [-0.15, -0.1) is 0 Å². The van der Waals surface area contributed by atoms with Crippen molar-refractivity contribution in [2.24, 2.45) is 0 Å². The zero-order valence-corrected chi connectivity index (χ0v) is 11.6. The summed E-state index contributed by atoms with van der Waals surface area (Å²) in [6.45, 7) is 1.73. The Kier molecular flexibility index (Phi) is 3.20. The van der Waals surface area contributed by atoms with E-state index in [0.717, 1.165) is 11.3 Å². The molecule has 20 heavy (non-hydrogen) atoms. The van der Waals surface area contributed by atoms with Crippen molar-refractivity contribution in [3.63, 3.8) is 0 Å². The second-order valence-electron chi connectivity index (χ2n) is 4.49. The number of aromatic nitrogens is 3. The van der Waals surface area contributed by atoms with Crippen LogP contribution in [-0.4, -0.2) is 14.8 Å². The van der Waals surface area contributed by atoms with Gasteiger partial charge in [-0.05, 0) is 42.9 Å². The molecule has 1 aromatic heterocycles. The van der Waals surface area contributed by atoms with Gasteiger partial charge in [0, 0.05) is 5.56 Å².